The average molecular weight is 467 g/mol. The average Bonchev–Trinajstić information content (AvgIpc) is 3.47. The van der Waals surface area contributed by atoms with Crippen molar-refractivity contribution < 1.29 is 0 Å². The van der Waals surface area contributed by atoms with E-state index >= 15 is 0 Å². The summed E-state index contributed by atoms with van der Waals surface area (Å²) in [5.41, 5.74) is 2.38. The highest BCUT2D eigenvalue weighted by Gasteiger charge is 2.21. The molecule has 2 heterocycles. The van der Waals surface area contributed by atoms with Crippen molar-refractivity contribution in [1.29, 1.82) is 0 Å². The van der Waals surface area contributed by atoms with Crippen LogP contribution in [0.1, 0.15) is 11.1 Å². The van der Waals surface area contributed by atoms with Crippen LogP contribution in [-0.4, -0.2) is 0 Å². The minimum Gasteiger partial charge on any atom is -0.135 e. The molecule has 0 saturated heterocycles. The zero-order valence-electron chi connectivity index (χ0n) is 18.3. The van der Waals surface area contributed by atoms with Gasteiger partial charge in [-0.15, -0.1) is 22.7 Å². The van der Waals surface area contributed by atoms with Gasteiger partial charge in [-0.1, -0.05) is 86.0 Å². The first kappa shape index (κ1) is 18.7. The maximum atomic E-state index is 4.08. The molecular formula is C32H18S2. The molecule has 0 nitrogen and oxygen atoms in total. The molecule has 0 spiro atoms. The summed E-state index contributed by atoms with van der Waals surface area (Å²) in [7, 11) is 0. The Labute approximate surface area is 204 Å². The van der Waals surface area contributed by atoms with Gasteiger partial charge in [0.25, 0.3) is 0 Å². The highest BCUT2D eigenvalue weighted by molar-refractivity contribution is 7.28. The largest absolute Gasteiger partial charge is 0.135 e. The van der Waals surface area contributed by atoms with Crippen LogP contribution in [-0.2, 0) is 0 Å². The van der Waals surface area contributed by atoms with Crippen molar-refractivity contribution >= 4 is 107 Å². The monoisotopic (exact) mass is 466 g/mol. The summed E-state index contributed by atoms with van der Waals surface area (Å²) in [5.74, 6) is 0. The van der Waals surface area contributed by atoms with E-state index in [2.05, 4.69) is 86.0 Å². The third-order valence-electron chi connectivity index (χ3n) is 7.32. The molecule has 6 aromatic carbocycles. The van der Waals surface area contributed by atoms with E-state index in [4.69, 9.17) is 0 Å². The molecule has 0 saturated carbocycles. The minimum absolute atomic E-state index is 1.17. The van der Waals surface area contributed by atoms with Gasteiger partial charge in [0.15, 0.2) is 0 Å². The van der Waals surface area contributed by atoms with Gasteiger partial charge in [0.1, 0.15) is 0 Å². The fraction of sp³-hybridized carbons (Fsp3) is 0. The van der Waals surface area contributed by atoms with Gasteiger partial charge in [-0.3, -0.25) is 0 Å². The molecule has 8 rings (SSSR count). The number of hydrogen-bond donors (Lipinski definition) is 0. The van der Waals surface area contributed by atoms with Crippen LogP contribution in [0, 0.1) is 0 Å². The second-order valence-electron chi connectivity index (χ2n) is 8.96. The number of benzene rings is 6. The lowest BCUT2D eigenvalue weighted by atomic mass is 9.89. The molecular weight excluding hydrogens is 448 g/mol. The normalized spacial score (nSPS) is 12.4. The van der Waals surface area contributed by atoms with E-state index in [9.17, 15) is 0 Å². The van der Waals surface area contributed by atoms with Crippen molar-refractivity contribution in [3.05, 3.63) is 97.1 Å². The summed E-state index contributed by atoms with van der Waals surface area (Å²) in [6, 6.07) is 27.1. The van der Waals surface area contributed by atoms with Crippen LogP contribution in [0.15, 0.2) is 86.0 Å². The summed E-state index contributed by atoms with van der Waals surface area (Å²) in [6.07, 6.45) is 3.93. The highest BCUT2D eigenvalue weighted by atomic mass is 32.1. The first-order valence-corrected chi connectivity index (χ1v) is 13.1. The molecule has 0 N–H and O–H groups in total. The van der Waals surface area contributed by atoms with Crippen molar-refractivity contribution in [3.8, 4) is 0 Å². The van der Waals surface area contributed by atoms with Gasteiger partial charge in [0.2, 0.25) is 0 Å². The lowest BCUT2D eigenvalue weighted by Gasteiger charge is -2.14. The maximum absolute atomic E-state index is 4.08. The number of fused-ring (bicyclic) bond motifs is 10. The van der Waals surface area contributed by atoms with Crippen molar-refractivity contribution in [3.63, 3.8) is 0 Å². The highest BCUT2D eigenvalue weighted by Crippen LogP contribution is 2.52. The van der Waals surface area contributed by atoms with Crippen LogP contribution < -0.4 is 0 Å². The van der Waals surface area contributed by atoms with E-state index in [0.717, 1.165) is 0 Å². The quantitative estimate of drug-likeness (QED) is 0.222. The smallest absolute Gasteiger partial charge is 0.0440 e. The minimum atomic E-state index is 1.17. The lowest BCUT2D eigenvalue weighted by molar-refractivity contribution is 1.78. The summed E-state index contributed by atoms with van der Waals surface area (Å²) in [5, 5.41) is 13.6. The van der Waals surface area contributed by atoms with E-state index in [1.54, 1.807) is 0 Å². The van der Waals surface area contributed by atoms with E-state index in [1.165, 1.54) is 83.8 Å². The van der Waals surface area contributed by atoms with Gasteiger partial charge in [0.05, 0.1) is 0 Å². The Morgan fingerprint density at radius 1 is 0.500 bits per heavy atom. The fourth-order valence-corrected chi connectivity index (χ4v) is 8.48. The van der Waals surface area contributed by atoms with E-state index in [1.807, 2.05) is 34.8 Å². The van der Waals surface area contributed by atoms with E-state index in [-0.39, 0.29) is 0 Å². The van der Waals surface area contributed by atoms with Crippen molar-refractivity contribution in [1.82, 2.24) is 0 Å². The Balaban J connectivity index is 1.76. The van der Waals surface area contributed by atoms with Crippen LogP contribution in [0.2, 0.25) is 0 Å². The molecule has 0 aliphatic heterocycles. The van der Waals surface area contributed by atoms with Crippen LogP contribution >= 0.6 is 22.7 Å². The zero-order valence-corrected chi connectivity index (χ0v) is 19.9. The molecule has 0 radical (unpaired) electrons. The maximum Gasteiger partial charge on any atom is 0.0440 e. The van der Waals surface area contributed by atoms with Gasteiger partial charge in [0, 0.05) is 56.5 Å². The standard InChI is InChI=1S/C32H18S2/c1-3-17-14-15-25-24(16-17)29-20-10-6-9-19-26(20)27-21(31(29)33-25)12-7-13-22(27)32-28(19)23-11-5-8-18(4-2)30(23)34-32/h3-16H,1-2H2. The number of hydrogen-bond acceptors (Lipinski definition) is 2. The number of rotatable bonds is 2. The summed E-state index contributed by atoms with van der Waals surface area (Å²) < 4.78 is 5.42. The molecule has 8 aromatic rings. The van der Waals surface area contributed by atoms with Gasteiger partial charge in [-0.05, 0) is 39.4 Å². The van der Waals surface area contributed by atoms with Gasteiger partial charge < -0.3 is 0 Å². The van der Waals surface area contributed by atoms with Gasteiger partial charge in [-0.2, -0.15) is 0 Å². The topological polar surface area (TPSA) is 0 Å². The Bertz CT molecular complexity index is 2120. The second-order valence-corrected chi connectivity index (χ2v) is 11.0. The van der Waals surface area contributed by atoms with Crippen LogP contribution in [0.3, 0.4) is 0 Å². The molecule has 0 fully saturated rings. The van der Waals surface area contributed by atoms with Gasteiger partial charge in [-0.25, -0.2) is 0 Å². The Morgan fingerprint density at radius 2 is 1.09 bits per heavy atom. The third kappa shape index (κ3) is 2.14. The molecule has 0 atom stereocenters. The first-order chi connectivity index (χ1) is 16.8. The van der Waals surface area contributed by atoms with Crippen molar-refractivity contribution in [2.24, 2.45) is 0 Å². The van der Waals surface area contributed by atoms with Crippen LogP contribution in [0.25, 0.3) is 84.8 Å². The predicted molar refractivity (Wildman–Crippen MR) is 156 cm³/mol. The molecule has 34 heavy (non-hydrogen) atoms. The van der Waals surface area contributed by atoms with Crippen molar-refractivity contribution in [2.75, 3.05) is 0 Å². The van der Waals surface area contributed by atoms with Gasteiger partial charge >= 0.3 is 0 Å². The summed E-state index contributed by atoms with van der Waals surface area (Å²) in [6.45, 7) is 8.09. The lowest BCUT2D eigenvalue weighted by Crippen LogP contribution is -1.86. The Hall–Kier alpha value is -3.72. The van der Waals surface area contributed by atoms with E-state index < -0.39 is 0 Å². The molecule has 0 amide bonds. The molecule has 2 aromatic heterocycles. The molecule has 0 aliphatic rings. The van der Waals surface area contributed by atoms with E-state index in [0.29, 0.717) is 0 Å². The fourth-order valence-electron chi connectivity index (χ4n) is 5.90. The summed E-state index contributed by atoms with van der Waals surface area (Å²) >= 11 is 3.82. The van der Waals surface area contributed by atoms with Crippen molar-refractivity contribution in [2.45, 2.75) is 0 Å². The number of thiophene rings is 2. The SMILES string of the molecule is C=Cc1ccc2sc3c4cccc5c6sc7c(C=C)cccc7c6c6cccc(c3c2c1)c6c45. The molecule has 0 unspecified atom stereocenters. The Kier molecular flexibility index (Phi) is 3.54. The first-order valence-electron chi connectivity index (χ1n) is 11.4. The van der Waals surface area contributed by atoms with Crippen LogP contribution in [0.5, 0.6) is 0 Å². The predicted octanol–water partition coefficient (Wildman–Crippen LogP) is 10.6. The second kappa shape index (κ2) is 6.44. The zero-order chi connectivity index (χ0) is 22.6. The third-order valence-corrected chi connectivity index (χ3v) is 9.81. The molecule has 0 aliphatic carbocycles. The van der Waals surface area contributed by atoms with Crippen LogP contribution in [0.4, 0.5) is 0 Å². The summed E-state index contributed by atoms with van der Waals surface area (Å²) in [4.78, 5) is 0. The Morgan fingerprint density at radius 3 is 1.79 bits per heavy atom. The molecule has 158 valence electrons. The molecule has 2 heteroatoms. The molecule has 0 bridgehead atoms.